The van der Waals surface area contributed by atoms with Gasteiger partial charge in [0.2, 0.25) is 0 Å². The van der Waals surface area contributed by atoms with Crippen LogP contribution >= 0.6 is 0 Å². The topological polar surface area (TPSA) is 62.6 Å². The van der Waals surface area contributed by atoms with Crippen LogP contribution in [0.1, 0.15) is 42.2 Å². The number of aromatic nitrogens is 2. The maximum atomic E-state index is 13.4. The Labute approximate surface area is 207 Å². The monoisotopic (exact) mass is 473 g/mol. The van der Waals surface area contributed by atoms with Crippen molar-refractivity contribution < 1.29 is 9.53 Å². The summed E-state index contributed by atoms with van der Waals surface area (Å²) in [6.07, 6.45) is 3.58. The molecule has 4 saturated heterocycles. The standard InChI is InChI=1S/C28H35N5O2/c1-2-33-26-9-8-22(32-15-12-23(17-32)35-19-20-6-4-3-5-7-20)16-24(26)27(30-33)28(34)29-25-18-31-13-10-21(25)11-14-31/h3-9,16,21,23,25H,2,10-15,17-19H2,1H3,(H,29,34)/t23?,25-/m1/s1. The van der Waals surface area contributed by atoms with Gasteiger partial charge in [0.1, 0.15) is 0 Å². The van der Waals surface area contributed by atoms with E-state index in [4.69, 9.17) is 9.84 Å². The predicted molar refractivity (Wildman–Crippen MR) is 138 cm³/mol. The van der Waals surface area contributed by atoms with E-state index >= 15 is 0 Å². The largest absolute Gasteiger partial charge is 0.372 e. The minimum Gasteiger partial charge on any atom is -0.372 e. The van der Waals surface area contributed by atoms with Crippen molar-refractivity contribution in [3.63, 3.8) is 0 Å². The van der Waals surface area contributed by atoms with Gasteiger partial charge in [0, 0.05) is 43.3 Å². The number of nitrogens with one attached hydrogen (secondary N) is 1. The second kappa shape index (κ2) is 9.63. The number of anilines is 1. The average molecular weight is 474 g/mol. The van der Waals surface area contributed by atoms with E-state index in [9.17, 15) is 4.79 Å². The molecule has 7 heteroatoms. The third-order valence-electron chi connectivity index (χ3n) is 8.06. The number of ether oxygens (including phenoxy) is 1. The number of amides is 1. The molecule has 0 radical (unpaired) electrons. The molecule has 0 saturated carbocycles. The van der Waals surface area contributed by atoms with E-state index in [1.165, 1.54) is 31.5 Å². The fourth-order valence-electron chi connectivity index (χ4n) is 6.03. The zero-order chi connectivity index (χ0) is 23.8. The Morgan fingerprint density at radius 2 is 1.89 bits per heavy atom. The van der Waals surface area contributed by atoms with Gasteiger partial charge in [0.25, 0.3) is 5.91 Å². The molecule has 5 heterocycles. The number of hydrogen-bond acceptors (Lipinski definition) is 5. The lowest BCUT2D eigenvalue weighted by molar-refractivity contribution is 0.0553. The number of rotatable bonds is 7. The van der Waals surface area contributed by atoms with Gasteiger partial charge in [-0.15, -0.1) is 0 Å². The quantitative estimate of drug-likeness (QED) is 0.567. The highest BCUT2D eigenvalue weighted by Gasteiger charge is 2.35. The van der Waals surface area contributed by atoms with Gasteiger partial charge < -0.3 is 19.9 Å². The van der Waals surface area contributed by atoms with Crippen LogP contribution < -0.4 is 10.2 Å². The molecule has 7 nitrogen and oxygen atoms in total. The minimum absolute atomic E-state index is 0.0383. The van der Waals surface area contributed by atoms with Gasteiger partial charge in [-0.05, 0) is 69.0 Å². The molecule has 0 spiro atoms. The van der Waals surface area contributed by atoms with E-state index in [-0.39, 0.29) is 18.1 Å². The lowest BCUT2D eigenvalue weighted by Gasteiger charge is -2.44. The number of benzene rings is 2. The molecule has 2 atom stereocenters. The summed E-state index contributed by atoms with van der Waals surface area (Å²) in [5.74, 6) is 0.556. The molecule has 1 N–H and O–H groups in total. The Kier molecular flexibility index (Phi) is 6.20. The van der Waals surface area contributed by atoms with Gasteiger partial charge in [-0.2, -0.15) is 5.10 Å². The second-order valence-electron chi connectivity index (χ2n) is 10.2. The molecule has 35 heavy (non-hydrogen) atoms. The van der Waals surface area contributed by atoms with Crippen LogP contribution in [-0.2, 0) is 17.9 Å². The molecule has 184 valence electrons. The Morgan fingerprint density at radius 1 is 1.06 bits per heavy atom. The first kappa shape index (κ1) is 22.6. The molecule has 3 aromatic rings. The molecule has 1 amide bonds. The summed E-state index contributed by atoms with van der Waals surface area (Å²) in [7, 11) is 0. The van der Waals surface area contributed by atoms with Crippen LogP contribution in [0.4, 0.5) is 5.69 Å². The van der Waals surface area contributed by atoms with Crippen molar-refractivity contribution in [1.82, 2.24) is 20.0 Å². The number of piperidine rings is 3. The summed E-state index contributed by atoms with van der Waals surface area (Å²) >= 11 is 0. The summed E-state index contributed by atoms with van der Waals surface area (Å²) in [5, 5.41) is 9.00. The maximum absolute atomic E-state index is 13.4. The smallest absolute Gasteiger partial charge is 0.272 e. The van der Waals surface area contributed by atoms with Gasteiger partial charge in [0.15, 0.2) is 5.69 Å². The summed E-state index contributed by atoms with van der Waals surface area (Å²) in [6, 6.07) is 17.0. The number of fused-ring (bicyclic) bond motifs is 4. The SMILES string of the molecule is CCn1nc(C(=O)N[C@@H]2CN3CCC2CC3)c2cc(N3CCC(OCc4ccccc4)C3)ccc21. The lowest BCUT2D eigenvalue weighted by atomic mass is 9.84. The fraction of sp³-hybridized carbons (Fsp3) is 0.500. The van der Waals surface area contributed by atoms with Crippen LogP contribution in [0.25, 0.3) is 10.9 Å². The van der Waals surface area contributed by atoms with E-state index in [1.54, 1.807) is 0 Å². The Balaban J connectivity index is 1.18. The van der Waals surface area contributed by atoms with Crippen LogP contribution in [0, 0.1) is 5.92 Å². The molecule has 1 aromatic heterocycles. The number of carbonyl (C=O) groups excluding carboxylic acids is 1. The number of hydrogen-bond donors (Lipinski definition) is 1. The van der Waals surface area contributed by atoms with Crippen molar-refractivity contribution in [3.05, 3.63) is 59.8 Å². The molecule has 1 unspecified atom stereocenters. The van der Waals surface area contributed by atoms with E-state index < -0.39 is 0 Å². The predicted octanol–water partition coefficient (Wildman–Crippen LogP) is 3.68. The Hall–Kier alpha value is -2.90. The molecule has 2 aromatic carbocycles. The molecule has 2 bridgehead atoms. The Morgan fingerprint density at radius 3 is 2.63 bits per heavy atom. The van der Waals surface area contributed by atoms with Gasteiger partial charge in [-0.25, -0.2) is 0 Å². The van der Waals surface area contributed by atoms with Crippen molar-refractivity contribution in [2.75, 3.05) is 37.6 Å². The van der Waals surface area contributed by atoms with Gasteiger partial charge in [0.05, 0.1) is 18.2 Å². The maximum Gasteiger partial charge on any atom is 0.272 e. The normalized spacial score (nSPS) is 25.9. The number of nitrogens with zero attached hydrogens (tertiary/aromatic N) is 4. The average Bonchev–Trinajstić information content (AvgIpc) is 3.53. The second-order valence-corrected chi connectivity index (χ2v) is 10.2. The first-order valence-corrected chi connectivity index (χ1v) is 13.1. The van der Waals surface area contributed by atoms with Crippen LogP contribution in [0.3, 0.4) is 0 Å². The van der Waals surface area contributed by atoms with Crippen LogP contribution in [-0.4, -0.2) is 65.5 Å². The van der Waals surface area contributed by atoms with Gasteiger partial charge in [-0.1, -0.05) is 30.3 Å². The van der Waals surface area contributed by atoms with Gasteiger partial charge in [-0.3, -0.25) is 9.48 Å². The van der Waals surface area contributed by atoms with Crippen LogP contribution in [0.5, 0.6) is 0 Å². The molecule has 4 aliphatic heterocycles. The van der Waals surface area contributed by atoms with E-state index in [0.29, 0.717) is 18.2 Å². The van der Waals surface area contributed by atoms with Crippen molar-refractivity contribution >= 4 is 22.5 Å². The van der Waals surface area contributed by atoms with Crippen molar-refractivity contribution in [2.24, 2.45) is 5.92 Å². The highest BCUT2D eigenvalue weighted by atomic mass is 16.5. The number of carbonyl (C=O) groups is 1. The zero-order valence-electron chi connectivity index (χ0n) is 20.5. The van der Waals surface area contributed by atoms with E-state index in [0.717, 1.165) is 49.2 Å². The van der Waals surface area contributed by atoms with Crippen molar-refractivity contribution in [1.29, 1.82) is 0 Å². The molecule has 0 aliphatic carbocycles. The molecular weight excluding hydrogens is 438 g/mol. The highest BCUT2D eigenvalue weighted by molar-refractivity contribution is 6.05. The van der Waals surface area contributed by atoms with E-state index in [1.807, 2.05) is 10.7 Å². The fourth-order valence-corrected chi connectivity index (χ4v) is 6.03. The zero-order valence-corrected chi connectivity index (χ0v) is 20.5. The van der Waals surface area contributed by atoms with Crippen molar-refractivity contribution in [2.45, 2.75) is 51.5 Å². The molecule has 4 aliphatic rings. The van der Waals surface area contributed by atoms with Crippen LogP contribution in [0.2, 0.25) is 0 Å². The minimum atomic E-state index is -0.0383. The van der Waals surface area contributed by atoms with Crippen molar-refractivity contribution in [3.8, 4) is 0 Å². The third kappa shape index (κ3) is 4.55. The van der Waals surface area contributed by atoms with E-state index in [2.05, 4.69) is 64.5 Å². The molecule has 7 rings (SSSR count). The van der Waals surface area contributed by atoms with Crippen LogP contribution in [0.15, 0.2) is 48.5 Å². The first-order valence-electron chi connectivity index (χ1n) is 13.1. The summed E-state index contributed by atoms with van der Waals surface area (Å²) in [4.78, 5) is 18.2. The van der Waals surface area contributed by atoms with Gasteiger partial charge >= 0.3 is 0 Å². The molecule has 4 fully saturated rings. The summed E-state index contributed by atoms with van der Waals surface area (Å²) in [6.45, 7) is 8.57. The Bertz CT molecular complexity index is 1180. The number of aryl methyl sites for hydroxylation is 1. The summed E-state index contributed by atoms with van der Waals surface area (Å²) in [5.41, 5.74) is 3.91. The third-order valence-corrected chi connectivity index (χ3v) is 8.06. The first-order chi connectivity index (χ1) is 17.2. The lowest BCUT2D eigenvalue weighted by Crippen LogP contribution is -2.57. The molecular formula is C28H35N5O2. The summed E-state index contributed by atoms with van der Waals surface area (Å²) < 4.78 is 8.14. The highest BCUT2D eigenvalue weighted by Crippen LogP contribution is 2.30.